The first-order valence-corrected chi connectivity index (χ1v) is 11.8. The minimum Gasteiger partial charge on any atom is -0.496 e. The van der Waals surface area contributed by atoms with Gasteiger partial charge < -0.3 is 9.64 Å². The van der Waals surface area contributed by atoms with Gasteiger partial charge in [-0.3, -0.25) is 9.69 Å². The van der Waals surface area contributed by atoms with E-state index in [1.165, 1.54) is 0 Å². The maximum absolute atomic E-state index is 13.3. The number of nitrogens with one attached hydrogen (secondary N) is 1. The number of amides is 1. The zero-order valence-electron chi connectivity index (χ0n) is 17.5. The smallest absolute Gasteiger partial charge is 0.240 e. The Balaban J connectivity index is 1.46. The quantitative estimate of drug-likeness (QED) is 0.619. The van der Waals surface area contributed by atoms with Crippen LogP contribution in [0.2, 0.25) is 5.02 Å². The fourth-order valence-corrected chi connectivity index (χ4v) is 4.68. The number of sulfonamides is 1. The summed E-state index contributed by atoms with van der Waals surface area (Å²) in [5.74, 6) is -1.82. The van der Waals surface area contributed by atoms with Crippen LogP contribution >= 0.6 is 11.6 Å². The van der Waals surface area contributed by atoms with Crippen LogP contribution in [0.4, 0.5) is 8.78 Å². The van der Waals surface area contributed by atoms with E-state index in [1.807, 2.05) is 12.1 Å². The minimum absolute atomic E-state index is 0.0367. The Bertz CT molecular complexity index is 1080. The van der Waals surface area contributed by atoms with Crippen LogP contribution in [0, 0.1) is 11.6 Å². The van der Waals surface area contributed by atoms with E-state index in [-0.39, 0.29) is 18.9 Å². The highest BCUT2D eigenvalue weighted by atomic mass is 35.5. The molecule has 0 radical (unpaired) electrons. The van der Waals surface area contributed by atoms with Crippen LogP contribution in [-0.2, 0) is 21.4 Å². The molecule has 0 atom stereocenters. The summed E-state index contributed by atoms with van der Waals surface area (Å²) in [6, 6.07) is 7.76. The van der Waals surface area contributed by atoms with E-state index >= 15 is 0 Å². The van der Waals surface area contributed by atoms with Crippen molar-refractivity contribution in [2.45, 2.75) is 17.9 Å². The molecule has 0 bridgehead atoms. The molecule has 0 aliphatic carbocycles. The molecule has 1 N–H and O–H groups in total. The Labute approximate surface area is 191 Å². The van der Waals surface area contributed by atoms with Gasteiger partial charge in [-0.05, 0) is 36.4 Å². The Morgan fingerprint density at radius 1 is 1.09 bits per heavy atom. The summed E-state index contributed by atoms with van der Waals surface area (Å²) in [6.07, 6.45) is -0.0367. The molecule has 2 aromatic carbocycles. The molecule has 1 heterocycles. The molecule has 1 fully saturated rings. The minimum atomic E-state index is -4.04. The second-order valence-electron chi connectivity index (χ2n) is 7.34. The maximum Gasteiger partial charge on any atom is 0.240 e. The van der Waals surface area contributed by atoms with E-state index in [9.17, 15) is 22.0 Å². The first kappa shape index (κ1) is 24.4. The van der Waals surface area contributed by atoms with Gasteiger partial charge in [0.1, 0.15) is 5.75 Å². The molecule has 0 aromatic heterocycles. The number of carbonyl (C=O) groups is 1. The lowest BCUT2D eigenvalue weighted by Gasteiger charge is -2.35. The lowest BCUT2D eigenvalue weighted by atomic mass is 10.1. The predicted molar refractivity (Wildman–Crippen MR) is 116 cm³/mol. The summed E-state index contributed by atoms with van der Waals surface area (Å²) >= 11 is 6.08. The lowest BCUT2D eigenvalue weighted by molar-refractivity contribution is -0.132. The monoisotopic (exact) mass is 487 g/mol. The summed E-state index contributed by atoms with van der Waals surface area (Å²) in [5.41, 5.74) is 0.964. The van der Waals surface area contributed by atoms with Crippen molar-refractivity contribution in [2.24, 2.45) is 0 Å². The fourth-order valence-electron chi connectivity index (χ4n) is 3.44. The number of hydrogen-bond donors (Lipinski definition) is 1. The molecule has 174 valence electrons. The highest BCUT2D eigenvalue weighted by Crippen LogP contribution is 2.24. The Morgan fingerprint density at radius 2 is 1.81 bits per heavy atom. The van der Waals surface area contributed by atoms with Crippen LogP contribution in [0.15, 0.2) is 41.3 Å². The Hall–Kier alpha value is -2.27. The van der Waals surface area contributed by atoms with Crippen LogP contribution in [-0.4, -0.2) is 64.0 Å². The molecule has 1 amide bonds. The van der Waals surface area contributed by atoms with Crippen molar-refractivity contribution in [1.29, 1.82) is 0 Å². The van der Waals surface area contributed by atoms with Gasteiger partial charge in [-0.2, -0.15) is 0 Å². The van der Waals surface area contributed by atoms with Crippen molar-refractivity contribution < 1.29 is 26.7 Å². The van der Waals surface area contributed by atoms with Crippen LogP contribution in [0.3, 0.4) is 0 Å². The second-order valence-corrected chi connectivity index (χ2v) is 9.54. The normalized spacial score (nSPS) is 15.1. The topological polar surface area (TPSA) is 79.0 Å². The van der Waals surface area contributed by atoms with Crippen LogP contribution in [0.1, 0.15) is 12.0 Å². The number of benzene rings is 2. The largest absolute Gasteiger partial charge is 0.496 e. The first-order valence-electron chi connectivity index (χ1n) is 9.97. The summed E-state index contributed by atoms with van der Waals surface area (Å²) in [5, 5.41) is 0.625. The number of rotatable bonds is 8. The first-order chi connectivity index (χ1) is 15.2. The zero-order valence-corrected chi connectivity index (χ0v) is 19.1. The van der Waals surface area contributed by atoms with Crippen LogP contribution in [0.5, 0.6) is 5.75 Å². The van der Waals surface area contributed by atoms with E-state index in [0.717, 1.165) is 23.4 Å². The third-order valence-electron chi connectivity index (χ3n) is 5.19. The third kappa shape index (κ3) is 6.16. The van der Waals surface area contributed by atoms with Crippen molar-refractivity contribution in [3.05, 3.63) is 58.6 Å². The van der Waals surface area contributed by atoms with Gasteiger partial charge in [0.25, 0.3) is 0 Å². The number of carbonyl (C=O) groups excluding carboxylic acids is 1. The molecule has 0 spiro atoms. The average Bonchev–Trinajstić information content (AvgIpc) is 2.76. The standard InChI is InChI=1S/C21H24ClF2N3O4S/c1-31-20-5-2-16(22)12-15(20)14-26-8-10-27(11-9-26)21(28)6-7-25-32(29,30)17-3-4-18(23)19(24)13-17/h2-5,12-13,25H,6-11,14H2,1H3. The summed E-state index contributed by atoms with van der Waals surface area (Å²) in [7, 11) is -2.44. The van der Waals surface area contributed by atoms with E-state index in [4.69, 9.17) is 16.3 Å². The van der Waals surface area contributed by atoms with E-state index in [0.29, 0.717) is 43.8 Å². The van der Waals surface area contributed by atoms with Gasteiger partial charge in [0.2, 0.25) is 15.9 Å². The van der Waals surface area contributed by atoms with Gasteiger partial charge in [0.05, 0.1) is 12.0 Å². The number of methoxy groups -OCH3 is 1. The van der Waals surface area contributed by atoms with Gasteiger partial charge >= 0.3 is 0 Å². The molecule has 2 aromatic rings. The van der Waals surface area contributed by atoms with E-state index in [2.05, 4.69) is 9.62 Å². The molecule has 3 rings (SSSR count). The summed E-state index contributed by atoms with van der Waals surface area (Å²) in [6.45, 7) is 2.83. The van der Waals surface area contributed by atoms with Crippen molar-refractivity contribution in [1.82, 2.24) is 14.5 Å². The van der Waals surface area contributed by atoms with Crippen LogP contribution in [0.25, 0.3) is 0 Å². The van der Waals surface area contributed by atoms with Gasteiger partial charge in [-0.1, -0.05) is 11.6 Å². The van der Waals surface area contributed by atoms with Crippen molar-refractivity contribution >= 4 is 27.5 Å². The molecule has 1 aliphatic rings. The molecule has 11 heteroatoms. The third-order valence-corrected chi connectivity index (χ3v) is 6.89. The van der Waals surface area contributed by atoms with Gasteiger partial charge in [-0.25, -0.2) is 21.9 Å². The number of nitrogens with zero attached hydrogens (tertiary/aromatic N) is 2. The lowest BCUT2D eigenvalue weighted by Crippen LogP contribution is -2.48. The van der Waals surface area contributed by atoms with E-state index < -0.39 is 26.6 Å². The molecular weight excluding hydrogens is 464 g/mol. The van der Waals surface area contributed by atoms with Crippen molar-refractivity contribution in [2.75, 3.05) is 39.8 Å². The SMILES string of the molecule is COc1ccc(Cl)cc1CN1CCN(C(=O)CCNS(=O)(=O)c2ccc(F)c(F)c2)CC1. The highest BCUT2D eigenvalue weighted by molar-refractivity contribution is 7.89. The number of piperazine rings is 1. The molecular formula is C21H24ClF2N3O4S. The van der Waals surface area contributed by atoms with Crippen LogP contribution < -0.4 is 9.46 Å². The van der Waals surface area contributed by atoms with Crippen molar-refractivity contribution in [3.8, 4) is 5.75 Å². The Kier molecular flexibility index (Phi) is 8.05. The maximum atomic E-state index is 13.3. The second kappa shape index (κ2) is 10.6. The van der Waals surface area contributed by atoms with E-state index in [1.54, 1.807) is 18.1 Å². The van der Waals surface area contributed by atoms with Gasteiger partial charge in [0.15, 0.2) is 11.6 Å². The molecule has 0 unspecified atom stereocenters. The number of halogens is 3. The Morgan fingerprint density at radius 3 is 2.47 bits per heavy atom. The zero-order chi connectivity index (χ0) is 23.3. The summed E-state index contributed by atoms with van der Waals surface area (Å²) in [4.78, 5) is 15.9. The van der Waals surface area contributed by atoms with Gasteiger partial charge in [-0.15, -0.1) is 0 Å². The average molecular weight is 488 g/mol. The molecule has 1 aliphatic heterocycles. The molecule has 0 saturated carbocycles. The number of hydrogen-bond acceptors (Lipinski definition) is 5. The molecule has 7 nitrogen and oxygen atoms in total. The summed E-state index contributed by atoms with van der Waals surface area (Å²) < 4.78 is 58.3. The van der Waals surface area contributed by atoms with Gasteiger partial charge in [0, 0.05) is 56.3 Å². The number of ether oxygens (including phenoxy) is 1. The fraction of sp³-hybridized carbons (Fsp3) is 0.381. The molecule has 32 heavy (non-hydrogen) atoms. The van der Waals surface area contributed by atoms with Crippen molar-refractivity contribution in [3.63, 3.8) is 0 Å². The molecule has 1 saturated heterocycles. The predicted octanol–water partition coefficient (Wildman–Crippen LogP) is 2.64. The highest BCUT2D eigenvalue weighted by Gasteiger charge is 2.23.